The Morgan fingerprint density at radius 3 is 3.05 bits per heavy atom. The molecule has 1 atom stereocenters. The Morgan fingerprint density at radius 1 is 1.43 bits per heavy atom. The van der Waals surface area contributed by atoms with Crippen LogP contribution in [0.25, 0.3) is 0 Å². The molecular weight excluding hydrogens is 264 g/mol. The minimum atomic E-state index is 0.0582. The van der Waals surface area contributed by atoms with Gasteiger partial charge < -0.3 is 15.2 Å². The van der Waals surface area contributed by atoms with E-state index in [0.717, 1.165) is 39.0 Å². The fourth-order valence-electron chi connectivity index (χ4n) is 2.73. The first-order chi connectivity index (χ1) is 10.2. The second-order valence-electron chi connectivity index (χ2n) is 5.87. The van der Waals surface area contributed by atoms with Crippen molar-refractivity contribution in [3.05, 3.63) is 34.7 Å². The molecule has 1 unspecified atom stereocenters. The van der Waals surface area contributed by atoms with Crippen LogP contribution in [0.5, 0.6) is 0 Å². The summed E-state index contributed by atoms with van der Waals surface area (Å²) in [4.78, 5) is 18.2. The molecule has 0 saturated carbocycles. The fourth-order valence-corrected chi connectivity index (χ4v) is 2.73. The number of hydrogen-bond donors (Lipinski definition) is 1. The molecule has 0 radical (unpaired) electrons. The molecule has 2 rings (SSSR count). The summed E-state index contributed by atoms with van der Waals surface area (Å²) < 4.78 is 1.74. The summed E-state index contributed by atoms with van der Waals surface area (Å²) in [5.74, 6) is 1.39. The van der Waals surface area contributed by atoms with Crippen LogP contribution >= 0.6 is 0 Å². The molecule has 0 spiro atoms. The number of unbranched alkanes of at least 4 members (excludes halogenated alkanes) is 1. The zero-order valence-corrected chi connectivity index (χ0v) is 12.9. The molecule has 5 nitrogen and oxygen atoms in total. The third-order valence-electron chi connectivity index (χ3n) is 3.96. The van der Waals surface area contributed by atoms with Crippen LogP contribution in [0.3, 0.4) is 0 Å². The molecule has 0 aromatic carbocycles. The fraction of sp³-hybridized carbons (Fsp3) is 0.625. The van der Waals surface area contributed by atoms with E-state index in [1.807, 2.05) is 12.3 Å². The first-order valence-corrected chi connectivity index (χ1v) is 7.87. The van der Waals surface area contributed by atoms with Gasteiger partial charge in [-0.25, -0.2) is 0 Å². The smallest absolute Gasteiger partial charge is 0.250 e. The molecule has 0 aliphatic carbocycles. The molecule has 0 bridgehead atoms. The number of piperidine rings is 1. The van der Waals surface area contributed by atoms with Gasteiger partial charge in [0.15, 0.2) is 5.96 Å². The van der Waals surface area contributed by atoms with Gasteiger partial charge in [-0.3, -0.25) is 9.79 Å². The molecule has 2 N–H and O–H groups in total. The lowest BCUT2D eigenvalue weighted by atomic mass is 10.0. The average Bonchev–Trinajstić information content (AvgIpc) is 2.48. The van der Waals surface area contributed by atoms with E-state index in [1.165, 1.54) is 12.8 Å². The molecule has 0 amide bonds. The number of aliphatic imine (C=N–C) groups is 1. The van der Waals surface area contributed by atoms with Crippen molar-refractivity contribution in [3.8, 4) is 0 Å². The highest BCUT2D eigenvalue weighted by Crippen LogP contribution is 2.14. The van der Waals surface area contributed by atoms with Crippen LogP contribution in [0.2, 0.25) is 0 Å². The summed E-state index contributed by atoms with van der Waals surface area (Å²) in [6.07, 6.45) is 6.21. The summed E-state index contributed by atoms with van der Waals surface area (Å²) in [6.45, 7) is 5.79. The van der Waals surface area contributed by atoms with Crippen molar-refractivity contribution in [1.29, 1.82) is 0 Å². The number of rotatable bonds is 5. The Bertz CT molecular complexity index is 523. The SMILES string of the molecule is CC1CCCN(C(N)=NCCCCn2ccccc2=O)C1. The van der Waals surface area contributed by atoms with Crippen molar-refractivity contribution in [2.45, 2.75) is 39.2 Å². The average molecular weight is 290 g/mol. The van der Waals surface area contributed by atoms with Gasteiger partial charge in [-0.2, -0.15) is 0 Å². The van der Waals surface area contributed by atoms with Crippen molar-refractivity contribution in [2.75, 3.05) is 19.6 Å². The van der Waals surface area contributed by atoms with Gasteiger partial charge in [0, 0.05) is 38.4 Å². The minimum Gasteiger partial charge on any atom is -0.370 e. The van der Waals surface area contributed by atoms with Crippen LogP contribution < -0.4 is 11.3 Å². The molecule has 1 aliphatic rings. The number of likely N-dealkylation sites (tertiary alicyclic amines) is 1. The van der Waals surface area contributed by atoms with Gasteiger partial charge >= 0.3 is 0 Å². The molecule has 5 heteroatoms. The number of aromatic nitrogens is 1. The lowest BCUT2D eigenvalue weighted by Gasteiger charge is -2.31. The highest BCUT2D eigenvalue weighted by molar-refractivity contribution is 5.78. The summed E-state index contributed by atoms with van der Waals surface area (Å²) in [5, 5.41) is 0. The van der Waals surface area contributed by atoms with E-state index in [0.29, 0.717) is 11.9 Å². The largest absolute Gasteiger partial charge is 0.370 e. The predicted molar refractivity (Wildman–Crippen MR) is 86.4 cm³/mol. The zero-order chi connectivity index (χ0) is 15.1. The standard InChI is InChI=1S/C16H26N4O/c1-14-7-6-12-20(13-14)16(17)18-9-3-5-11-19-10-4-2-8-15(19)21/h2,4,8,10,14H,3,5-7,9,11-13H2,1H3,(H2,17,18). The zero-order valence-electron chi connectivity index (χ0n) is 12.9. The summed E-state index contributed by atoms with van der Waals surface area (Å²) in [7, 11) is 0. The molecule has 1 fully saturated rings. The lowest BCUT2D eigenvalue weighted by Crippen LogP contribution is -2.43. The number of pyridine rings is 1. The molecule has 1 aromatic heterocycles. The topological polar surface area (TPSA) is 63.6 Å². The van der Waals surface area contributed by atoms with E-state index in [1.54, 1.807) is 16.7 Å². The molecular formula is C16H26N4O. The van der Waals surface area contributed by atoms with E-state index in [2.05, 4.69) is 16.8 Å². The van der Waals surface area contributed by atoms with E-state index in [9.17, 15) is 4.79 Å². The number of guanidine groups is 1. The van der Waals surface area contributed by atoms with Crippen molar-refractivity contribution < 1.29 is 0 Å². The first kappa shape index (κ1) is 15.6. The number of nitrogens with zero attached hydrogens (tertiary/aromatic N) is 3. The van der Waals surface area contributed by atoms with Crippen LogP contribution in [0.4, 0.5) is 0 Å². The van der Waals surface area contributed by atoms with Crippen molar-refractivity contribution >= 4 is 5.96 Å². The van der Waals surface area contributed by atoms with Crippen LogP contribution in [-0.4, -0.2) is 35.1 Å². The van der Waals surface area contributed by atoms with Gasteiger partial charge in [0.2, 0.25) is 5.56 Å². The maximum Gasteiger partial charge on any atom is 0.250 e. The Labute approximate surface area is 126 Å². The van der Waals surface area contributed by atoms with Gasteiger partial charge in [-0.1, -0.05) is 13.0 Å². The summed E-state index contributed by atoms with van der Waals surface area (Å²) in [5.41, 5.74) is 6.11. The maximum absolute atomic E-state index is 11.5. The van der Waals surface area contributed by atoms with Gasteiger partial charge in [0.25, 0.3) is 0 Å². The highest BCUT2D eigenvalue weighted by atomic mass is 16.1. The van der Waals surface area contributed by atoms with Gasteiger partial charge in [-0.05, 0) is 37.7 Å². The second kappa shape index (κ2) is 7.86. The van der Waals surface area contributed by atoms with E-state index < -0.39 is 0 Å². The predicted octanol–water partition coefficient (Wildman–Crippen LogP) is 1.68. The first-order valence-electron chi connectivity index (χ1n) is 7.87. The Balaban J connectivity index is 1.70. The van der Waals surface area contributed by atoms with E-state index in [-0.39, 0.29) is 5.56 Å². The molecule has 2 heterocycles. The highest BCUT2D eigenvalue weighted by Gasteiger charge is 2.17. The minimum absolute atomic E-state index is 0.0582. The van der Waals surface area contributed by atoms with E-state index in [4.69, 9.17) is 5.73 Å². The van der Waals surface area contributed by atoms with Crippen molar-refractivity contribution in [3.63, 3.8) is 0 Å². The quantitative estimate of drug-likeness (QED) is 0.510. The maximum atomic E-state index is 11.5. The van der Waals surface area contributed by atoms with Crippen LogP contribution in [0.1, 0.15) is 32.6 Å². The van der Waals surface area contributed by atoms with Gasteiger partial charge in [0.1, 0.15) is 0 Å². The molecule has 116 valence electrons. The molecule has 1 saturated heterocycles. The number of aryl methyl sites for hydroxylation is 1. The summed E-state index contributed by atoms with van der Waals surface area (Å²) in [6, 6.07) is 5.24. The third-order valence-corrected chi connectivity index (χ3v) is 3.96. The monoisotopic (exact) mass is 290 g/mol. The van der Waals surface area contributed by atoms with Gasteiger partial charge in [-0.15, -0.1) is 0 Å². The van der Waals surface area contributed by atoms with Crippen molar-refractivity contribution in [2.24, 2.45) is 16.6 Å². The Hall–Kier alpha value is -1.78. The van der Waals surface area contributed by atoms with Crippen LogP contribution in [0, 0.1) is 5.92 Å². The van der Waals surface area contributed by atoms with Gasteiger partial charge in [0.05, 0.1) is 0 Å². The second-order valence-corrected chi connectivity index (χ2v) is 5.87. The Morgan fingerprint density at radius 2 is 2.29 bits per heavy atom. The van der Waals surface area contributed by atoms with Crippen LogP contribution in [0.15, 0.2) is 34.2 Å². The Kier molecular flexibility index (Phi) is 5.84. The van der Waals surface area contributed by atoms with E-state index >= 15 is 0 Å². The molecule has 21 heavy (non-hydrogen) atoms. The van der Waals surface area contributed by atoms with Crippen molar-refractivity contribution in [1.82, 2.24) is 9.47 Å². The molecule has 1 aromatic rings. The normalized spacial score (nSPS) is 19.8. The van der Waals surface area contributed by atoms with Crippen LogP contribution in [-0.2, 0) is 6.54 Å². The molecule has 1 aliphatic heterocycles. The lowest BCUT2D eigenvalue weighted by molar-refractivity contribution is 0.270. The third kappa shape index (κ3) is 4.92. The number of nitrogens with two attached hydrogens (primary N) is 1. The number of hydrogen-bond acceptors (Lipinski definition) is 2. The summed E-state index contributed by atoms with van der Waals surface area (Å²) >= 11 is 0.